The molecule has 0 unspecified atom stereocenters. The highest BCUT2D eigenvalue weighted by Crippen LogP contribution is 2.27. The Hall–Kier alpha value is -0.240. The highest BCUT2D eigenvalue weighted by molar-refractivity contribution is 6.27. The zero-order valence-corrected chi connectivity index (χ0v) is 12.4. The maximum atomic E-state index is 11.6. The molecule has 2 nitrogen and oxygen atoms in total. The Balaban J connectivity index is 4.60. The van der Waals surface area contributed by atoms with Gasteiger partial charge in [0.15, 0.2) is 0 Å². The lowest BCUT2D eigenvalue weighted by molar-refractivity contribution is -0.120. The van der Waals surface area contributed by atoms with Gasteiger partial charge in [-0.1, -0.05) is 52.9 Å². The number of unbranched alkanes of at least 4 members (excludes halogenated alkanes) is 2. The molecule has 0 aromatic heterocycles. The van der Waals surface area contributed by atoms with Crippen molar-refractivity contribution in [3.8, 4) is 0 Å². The molecule has 0 atom stereocenters. The van der Waals surface area contributed by atoms with Crippen molar-refractivity contribution < 1.29 is 4.79 Å². The van der Waals surface area contributed by atoms with Crippen LogP contribution >= 0.6 is 11.6 Å². The van der Waals surface area contributed by atoms with Crippen LogP contribution in [0.5, 0.6) is 0 Å². The molecule has 0 fully saturated rings. The van der Waals surface area contributed by atoms with Crippen molar-refractivity contribution in [3.05, 3.63) is 0 Å². The second-order valence-electron chi connectivity index (χ2n) is 4.92. The Morgan fingerprint density at radius 3 is 1.88 bits per heavy atom. The van der Waals surface area contributed by atoms with E-state index in [1.165, 1.54) is 25.7 Å². The third kappa shape index (κ3) is 6.92. The topological polar surface area (TPSA) is 29.1 Å². The summed E-state index contributed by atoms with van der Waals surface area (Å²) in [6.07, 6.45) is 9.03. The summed E-state index contributed by atoms with van der Waals surface area (Å²) in [6, 6.07) is 0. The SMILES string of the molecule is CCCCC(CCC)(CCCC)NC(=O)CCl. The highest BCUT2D eigenvalue weighted by atomic mass is 35.5. The summed E-state index contributed by atoms with van der Waals surface area (Å²) in [6.45, 7) is 6.57. The quantitative estimate of drug-likeness (QED) is 0.585. The van der Waals surface area contributed by atoms with Crippen LogP contribution in [0.2, 0.25) is 0 Å². The molecule has 1 amide bonds. The number of rotatable bonds is 10. The van der Waals surface area contributed by atoms with E-state index in [0.29, 0.717) is 0 Å². The molecular formula is C14H28ClNO. The summed E-state index contributed by atoms with van der Waals surface area (Å²) in [4.78, 5) is 11.6. The zero-order chi connectivity index (χ0) is 13.1. The lowest BCUT2D eigenvalue weighted by Gasteiger charge is -2.35. The van der Waals surface area contributed by atoms with Gasteiger partial charge >= 0.3 is 0 Å². The van der Waals surface area contributed by atoms with E-state index in [1.54, 1.807) is 0 Å². The van der Waals surface area contributed by atoms with Gasteiger partial charge < -0.3 is 5.32 Å². The number of hydrogen-bond donors (Lipinski definition) is 1. The van der Waals surface area contributed by atoms with Crippen molar-refractivity contribution in [1.29, 1.82) is 0 Å². The molecular weight excluding hydrogens is 234 g/mol. The van der Waals surface area contributed by atoms with Crippen LogP contribution in [0.3, 0.4) is 0 Å². The van der Waals surface area contributed by atoms with E-state index in [2.05, 4.69) is 26.1 Å². The number of hydrogen-bond acceptors (Lipinski definition) is 1. The molecule has 0 radical (unpaired) electrons. The Morgan fingerprint density at radius 2 is 1.53 bits per heavy atom. The summed E-state index contributed by atoms with van der Waals surface area (Å²) in [5.41, 5.74) is -0.00720. The molecule has 0 heterocycles. The molecule has 0 aromatic rings. The van der Waals surface area contributed by atoms with Crippen LogP contribution in [0.25, 0.3) is 0 Å². The zero-order valence-electron chi connectivity index (χ0n) is 11.7. The molecule has 0 aliphatic heterocycles. The Kier molecular flexibility index (Phi) is 9.62. The minimum atomic E-state index is -0.0210. The average Bonchev–Trinajstić information content (AvgIpc) is 2.34. The van der Waals surface area contributed by atoms with Gasteiger partial charge in [0, 0.05) is 5.54 Å². The number of carbonyl (C=O) groups is 1. The van der Waals surface area contributed by atoms with Crippen molar-refractivity contribution >= 4 is 17.5 Å². The first kappa shape index (κ1) is 16.8. The fraction of sp³-hybridized carbons (Fsp3) is 0.929. The number of nitrogens with one attached hydrogen (secondary N) is 1. The van der Waals surface area contributed by atoms with Crippen molar-refractivity contribution in [2.75, 3.05) is 5.88 Å². The van der Waals surface area contributed by atoms with E-state index >= 15 is 0 Å². The first-order valence-corrected chi connectivity index (χ1v) is 7.54. The molecule has 0 aliphatic carbocycles. The first-order chi connectivity index (χ1) is 8.14. The van der Waals surface area contributed by atoms with E-state index in [1.807, 2.05) is 0 Å². The molecule has 0 aromatic carbocycles. The van der Waals surface area contributed by atoms with Gasteiger partial charge in [-0.25, -0.2) is 0 Å². The summed E-state index contributed by atoms with van der Waals surface area (Å²) in [5.74, 6) is 0.0521. The summed E-state index contributed by atoms with van der Waals surface area (Å²) in [5, 5.41) is 3.18. The largest absolute Gasteiger partial charge is 0.350 e. The summed E-state index contributed by atoms with van der Waals surface area (Å²) >= 11 is 5.61. The van der Waals surface area contributed by atoms with Crippen LogP contribution in [0.15, 0.2) is 0 Å². The van der Waals surface area contributed by atoms with Crippen LogP contribution < -0.4 is 5.32 Å². The van der Waals surface area contributed by atoms with Gasteiger partial charge in [-0.05, 0) is 19.3 Å². The van der Waals surface area contributed by atoms with Crippen molar-refractivity contribution in [3.63, 3.8) is 0 Å². The van der Waals surface area contributed by atoms with E-state index in [0.717, 1.165) is 25.7 Å². The molecule has 0 aliphatic rings. The smallest absolute Gasteiger partial charge is 0.235 e. The maximum Gasteiger partial charge on any atom is 0.235 e. The minimum absolute atomic E-state index is 0.00720. The van der Waals surface area contributed by atoms with Gasteiger partial charge in [-0.15, -0.1) is 11.6 Å². The fourth-order valence-electron chi connectivity index (χ4n) is 2.40. The van der Waals surface area contributed by atoms with Gasteiger partial charge in [0.05, 0.1) is 0 Å². The lowest BCUT2D eigenvalue weighted by atomic mass is 9.83. The molecule has 0 saturated carbocycles. The van der Waals surface area contributed by atoms with Crippen molar-refractivity contribution in [1.82, 2.24) is 5.32 Å². The van der Waals surface area contributed by atoms with Crippen LogP contribution in [-0.4, -0.2) is 17.3 Å². The summed E-state index contributed by atoms with van der Waals surface area (Å²) in [7, 11) is 0. The normalized spacial score (nSPS) is 11.5. The Bertz CT molecular complexity index is 198. The summed E-state index contributed by atoms with van der Waals surface area (Å²) < 4.78 is 0. The fourth-order valence-corrected chi connectivity index (χ4v) is 2.47. The van der Waals surface area contributed by atoms with Gasteiger partial charge in [0.1, 0.15) is 5.88 Å². The monoisotopic (exact) mass is 261 g/mol. The van der Waals surface area contributed by atoms with Gasteiger partial charge in [-0.2, -0.15) is 0 Å². The van der Waals surface area contributed by atoms with E-state index in [-0.39, 0.29) is 17.3 Å². The Morgan fingerprint density at radius 1 is 1.00 bits per heavy atom. The average molecular weight is 262 g/mol. The van der Waals surface area contributed by atoms with Crippen LogP contribution in [0.4, 0.5) is 0 Å². The second kappa shape index (κ2) is 9.76. The van der Waals surface area contributed by atoms with E-state index < -0.39 is 0 Å². The third-order valence-corrected chi connectivity index (χ3v) is 3.52. The number of amides is 1. The van der Waals surface area contributed by atoms with Gasteiger partial charge in [0.2, 0.25) is 5.91 Å². The van der Waals surface area contributed by atoms with Crippen LogP contribution in [-0.2, 0) is 4.79 Å². The molecule has 0 bridgehead atoms. The second-order valence-corrected chi connectivity index (χ2v) is 5.19. The predicted octanol–water partition coefficient (Wildman–Crippen LogP) is 4.26. The van der Waals surface area contributed by atoms with Crippen molar-refractivity contribution in [2.45, 2.75) is 77.7 Å². The van der Waals surface area contributed by atoms with Crippen LogP contribution in [0, 0.1) is 0 Å². The Labute approximate surface area is 111 Å². The van der Waals surface area contributed by atoms with Crippen LogP contribution in [0.1, 0.15) is 72.1 Å². The third-order valence-electron chi connectivity index (χ3n) is 3.27. The maximum absolute atomic E-state index is 11.6. The minimum Gasteiger partial charge on any atom is -0.350 e. The first-order valence-electron chi connectivity index (χ1n) is 7.01. The molecule has 17 heavy (non-hydrogen) atoms. The highest BCUT2D eigenvalue weighted by Gasteiger charge is 2.29. The number of carbonyl (C=O) groups excluding carboxylic acids is 1. The number of halogens is 1. The molecule has 0 spiro atoms. The molecule has 102 valence electrons. The van der Waals surface area contributed by atoms with Gasteiger partial charge in [-0.3, -0.25) is 4.79 Å². The van der Waals surface area contributed by atoms with Crippen molar-refractivity contribution in [2.24, 2.45) is 0 Å². The standard InChI is InChI=1S/C14H28ClNO/c1-4-7-10-14(9-6-3,11-8-5-2)16-13(17)12-15/h4-12H2,1-3H3,(H,16,17). The number of alkyl halides is 1. The molecule has 0 saturated heterocycles. The van der Waals surface area contributed by atoms with Gasteiger partial charge in [0.25, 0.3) is 0 Å². The molecule has 1 N–H and O–H groups in total. The molecule has 0 rings (SSSR count). The van der Waals surface area contributed by atoms with E-state index in [9.17, 15) is 4.79 Å². The predicted molar refractivity (Wildman–Crippen MR) is 75.6 cm³/mol. The lowest BCUT2D eigenvalue weighted by Crippen LogP contribution is -2.49. The molecule has 3 heteroatoms. The van der Waals surface area contributed by atoms with E-state index in [4.69, 9.17) is 11.6 Å².